The number of hydrogen-bond donors (Lipinski definition) is 0. The Hall–Kier alpha value is -3.62. The number of carbonyl (C=O) groups excluding carboxylic acids is 1. The van der Waals surface area contributed by atoms with Crippen molar-refractivity contribution in [1.29, 1.82) is 0 Å². The fourth-order valence-corrected chi connectivity index (χ4v) is 4.94. The first-order valence-corrected chi connectivity index (χ1v) is 12.5. The van der Waals surface area contributed by atoms with Gasteiger partial charge in [0, 0.05) is 17.3 Å². The summed E-state index contributed by atoms with van der Waals surface area (Å²) >= 11 is 6.78. The van der Waals surface area contributed by atoms with Crippen molar-refractivity contribution in [2.24, 2.45) is 0 Å². The third-order valence-electron chi connectivity index (χ3n) is 5.42. The molecule has 3 heterocycles. The highest BCUT2D eigenvalue weighted by molar-refractivity contribution is 8.26. The number of furan rings is 1. The van der Waals surface area contributed by atoms with Crippen LogP contribution in [0.5, 0.6) is 5.75 Å². The van der Waals surface area contributed by atoms with Gasteiger partial charge in [0.05, 0.1) is 35.7 Å². The van der Waals surface area contributed by atoms with Gasteiger partial charge in [-0.05, 0) is 61.0 Å². The highest BCUT2D eigenvalue weighted by Gasteiger charge is 2.33. The van der Waals surface area contributed by atoms with E-state index in [0.29, 0.717) is 28.1 Å². The first-order valence-electron chi connectivity index (χ1n) is 11.3. The largest absolute Gasteiger partial charge is 0.494 e. The van der Waals surface area contributed by atoms with Crippen molar-refractivity contribution >= 4 is 40.3 Å². The summed E-state index contributed by atoms with van der Waals surface area (Å²) in [6.07, 6.45) is 6.34. The van der Waals surface area contributed by atoms with Gasteiger partial charge in [-0.1, -0.05) is 49.1 Å². The van der Waals surface area contributed by atoms with Gasteiger partial charge >= 0.3 is 0 Å². The second kappa shape index (κ2) is 10.3. The van der Waals surface area contributed by atoms with Gasteiger partial charge in [-0.15, -0.1) is 0 Å². The number of thioether (sulfide) groups is 1. The molecule has 1 aliphatic heterocycles. The maximum Gasteiger partial charge on any atom is 0.266 e. The molecule has 1 aliphatic rings. The molecule has 2 aromatic carbocycles. The molecule has 0 bridgehead atoms. The maximum atomic E-state index is 13.2. The van der Waals surface area contributed by atoms with Crippen LogP contribution < -0.4 is 4.74 Å². The predicted molar refractivity (Wildman–Crippen MR) is 142 cm³/mol. The van der Waals surface area contributed by atoms with Crippen molar-refractivity contribution in [3.8, 4) is 22.7 Å². The zero-order valence-electron chi connectivity index (χ0n) is 19.1. The van der Waals surface area contributed by atoms with Crippen LogP contribution in [-0.2, 0) is 11.3 Å². The number of carbonyl (C=O) groups is 1. The maximum absolute atomic E-state index is 13.2. The van der Waals surface area contributed by atoms with E-state index < -0.39 is 0 Å². The molecule has 4 aromatic rings. The van der Waals surface area contributed by atoms with Crippen LogP contribution in [0, 0.1) is 0 Å². The topological polar surface area (TPSA) is 60.5 Å². The molecule has 0 spiro atoms. The SMILES string of the molecule is CCCOc1ccc(-c2nn(-c3ccccc3)cc2/C=C2\SC(=S)N(Cc3ccco3)C2=O)cc1. The number of aromatic nitrogens is 2. The number of ether oxygens (including phenoxy) is 1. The molecule has 1 amide bonds. The molecule has 1 fully saturated rings. The van der Waals surface area contributed by atoms with E-state index in [1.54, 1.807) is 17.2 Å². The van der Waals surface area contributed by atoms with Gasteiger partial charge in [-0.25, -0.2) is 4.68 Å². The highest BCUT2D eigenvalue weighted by Crippen LogP contribution is 2.36. The predicted octanol–water partition coefficient (Wildman–Crippen LogP) is 6.32. The first-order chi connectivity index (χ1) is 17.1. The number of para-hydroxylation sites is 1. The normalized spacial score (nSPS) is 14.8. The van der Waals surface area contributed by atoms with Crippen molar-refractivity contribution in [3.05, 3.63) is 95.4 Å². The van der Waals surface area contributed by atoms with Crippen LogP contribution in [0.4, 0.5) is 0 Å². The third kappa shape index (κ3) is 5.08. The molecule has 2 aromatic heterocycles. The Balaban J connectivity index is 1.50. The fourth-order valence-electron chi connectivity index (χ4n) is 3.70. The number of rotatable bonds is 8. The minimum atomic E-state index is -0.141. The van der Waals surface area contributed by atoms with Crippen LogP contribution in [0.2, 0.25) is 0 Å². The lowest BCUT2D eigenvalue weighted by atomic mass is 10.1. The fraction of sp³-hybridized carbons (Fsp3) is 0.148. The Morgan fingerprint density at radius 2 is 1.89 bits per heavy atom. The summed E-state index contributed by atoms with van der Waals surface area (Å²) in [6.45, 7) is 3.06. The standard InChI is InChI=1S/C27H23N3O3S2/c1-2-14-32-22-12-10-19(11-13-22)25-20(17-30(28-25)21-7-4-3-5-8-21)16-24-26(31)29(27(34)35-24)18-23-9-6-15-33-23/h3-13,15-17H,2,14,18H2,1H3/b24-16-. The second-order valence-corrected chi connectivity index (χ2v) is 9.61. The molecule has 0 unspecified atom stereocenters. The van der Waals surface area contributed by atoms with E-state index in [1.165, 1.54) is 11.8 Å². The third-order valence-corrected chi connectivity index (χ3v) is 6.80. The van der Waals surface area contributed by atoms with Crippen LogP contribution in [0.1, 0.15) is 24.7 Å². The van der Waals surface area contributed by atoms with E-state index in [2.05, 4.69) is 6.92 Å². The quantitative estimate of drug-likeness (QED) is 0.208. The van der Waals surface area contributed by atoms with E-state index in [-0.39, 0.29) is 5.91 Å². The molecule has 0 aliphatic carbocycles. The van der Waals surface area contributed by atoms with Crippen molar-refractivity contribution in [3.63, 3.8) is 0 Å². The van der Waals surface area contributed by atoms with Gasteiger partial charge in [-0.2, -0.15) is 5.10 Å². The van der Waals surface area contributed by atoms with Crippen molar-refractivity contribution in [2.45, 2.75) is 19.9 Å². The molecule has 1 saturated heterocycles. The highest BCUT2D eigenvalue weighted by atomic mass is 32.2. The lowest BCUT2D eigenvalue weighted by Gasteiger charge is -2.11. The Bertz CT molecular complexity index is 1360. The first kappa shape index (κ1) is 23.1. The molecule has 0 saturated carbocycles. The van der Waals surface area contributed by atoms with Crippen LogP contribution in [0.15, 0.2) is 88.5 Å². The van der Waals surface area contributed by atoms with E-state index in [9.17, 15) is 4.79 Å². The molecule has 0 radical (unpaired) electrons. The minimum absolute atomic E-state index is 0.141. The Morgan fingerprint density at radius 1 is 1.09 bits per heavy atom. The molecule has 6 nitrogen and oxygen atoms in total. The lowest BCUT2D eigenvalue weighted by Crippen LogP contribution is -2.27. The molecule has 5 rings (SSSR count). The van der Waals surface area contributed by atoms with Crippen molar-refractivity contribution < 1.29 is 13.9 Å². The zero-order chi connectivity index (χ0) is 24.2. The minimum Gasteiger partial charge on any atom is -0.494 e. The van der Waals surface area contributed by atoms with Crippen molar-refractivity contribution in [2.75, 3.05) is 6.61 Å². The van der Waals surface area contributed by atoms with Gasteiger partial charge in [0.15, 0.2) is 0 Å². The summed E-state index contributed by atoms with van der Waals surface area (Å²) < 4.78 is 13.5. The number of benzene rings is 2. The number of nitrogens with zero attached hydrogens (tertiary/aromatic N) is 3. The second-order valence-electron chi connectivity index (χ2n) is 7.93. The van der Waals surface area contributed by atoms with Crippen LogP contribution in [0.25, 0.3) is 23.0 Å². The van der Waals surface area contributed by atoms with E-state index >= 15 is 0 Å². The summed E-state index contributed by atoms with van der Waals surface area (Å²) in [5.41, 5.74) is 3.46. The zero-order valence-corrected chi connectivity index (χ0v) is 20.7. The molecule has 0 N–H and O–H groups in total. The van der Waals surface area contributed by atoms with E-state index in [1.807, 2.05) is 77.6 Å². The van der Waals surface area contributed by atoms with E-state index in [0.717, 1.165) is 34.7 Å². The molecular weight excluding hydrogens is 478 g/mol. The molecule has 8 heteroatoms. The molecule has 176 valence electrons. The lowest BCUT2D eigenvalue weighted by molar-refractivity contribution is -0.122. The molecular formula is C27H23N3O3S2. The van der Waals surface area contributed by atoms with Gasteiger partial charge < -0.3 is 9.15 Å². The van der Waals surface area contributed by atoms with Gasteiger partial charge in [0.1, 0.15) is 15.8 Å². The number of hydrogen-bond acceptors (Lipinski definition) is 6. The average Bonchev–Trinajstić information content (AvgIpc) is 3.61. The van der Waals surface area contributed by atoms with E-state index in [4.69, 9.17) is 26.5 Å². The van der Waals surface area contributed by atoms with Crippen LogP contribution in [0.3, 0.4) is 0 Å². The summed E-state index contributed by atoms with van der Waals surface area (Å²) in [6, 6.07) is 21.4. The Labute approximate surface area is 213 Å². The van der Waals surface area contributed by atoms with Crippen molar-refractivity contribution in [1.82, 2.24) is 14.7 Å². The smallest absolute Gasteiger partial charge is 0.266 e. The summed E-state index contributed by atoms with van der Waals surface area (Å²) in [5.74, 6) is 1.36. The van der Waals surface area contributed by atoms with Gasteiger partial charge in [0.25, 0.3) is 5.91 Å². The van der Waals surface area contributed by atoms with Gasteiger partial charge in [-0.3, -0.25) is 9.69 Å². The summed E-state index contributed by atoms with van der Waals surface area (Å²) in [4.78, 5) is 15.3. The van der Waals surface area contributed by atoms with Crippen LogP contribution >= 0.6 is 24.0 Å². The summed E-state index contributed by atoms with van der Waals surface area (Å²) in [5, 5.41) is 4.86. The average molecular weight is 502 g/mol. The Kier molecular flexibility index (Phi) is 6.83. The number of amides is 1. The molecule has 0 atom stereocenters. The summed E-state index contributed by atoms with van der Waals surface area (Å²) in [7, 11) is 0. The van der Waals surface area contributed by atoms with Gasteiger partial charge in [0.2, 0.25) is 0 Å². The van der Waals surface area contributed by atoms with Crippen LogP contribution in [-0.4, -0.2) is 31.5 Å². The molecule has 35 heavy (non-hydrogen) atoms. The Morgan fingerprint density at radius 3 is 2.60 bits per heavy atom. The monoisotopic (exact) mass is 501 g/mol. The number of thiocarbonyl (C=S) groups is 1.